The predicted octanol–water partition coefficient (Wildman–Crippen LogP) is 1.28. The molecule has 250 valence electrons. The fourth-order valence-corrected chi connectivity index (χ4v) is 5.94. The van der Waals surface area contributed by atoms with Gasteiger partial charge >= 0.3 is 0 Å². The summed E-state index contributed by atoms with van der Waals surface area (Å²) in [6, 6.07) is 7.84. The number of halogens is 2. The number of hydrogen-bond acceptors (Lipinski definition) is 12. The Labute approximate surface area is 274 Å². The van der Waals surface area contributed by atoms with Gasteiger partial charge in [0.05, 0.1) is 11.1 Å². The second kappa shape index (κ2) is 14.4. The van der Waals surface area contributed by atoms with E-state index in [9.17, 15) is 35.4 Å². The number of fused-ring (bicyclic) bond motifs is 1. The van der Waals surface area contributed by atoms with E-state index in [0.717, 1.165) is 0 Å². The Bertz CT molecular complexity index is 1490. The van der Waals surface area contributed by atoms with Crippen molar-refractivity contribution in [1.82, 2.24) is 5.32 Å². The molecule has 0 spiro atoms. The van der Waals surface area contributed by atoms with Crippen molar-refractivity contribution >= 4 is 35.2 Å². The summed E-state index contributed by atoms with van der Waals surface area (Å²) in [6.45, 7) is 3.13. The highest BCUT2D eigenvalue weighted by molar-refractivity contribution is 6.35. The summed E-state index contributed by atoms with van der Waals surface area (Å²) in [4.78, 5) is 12.9. The minimum Gasteiger partial charge on any atom is -0.504 e. The van der Waals surface area contributed by atoms with Gasteiger partial charge in [-0.2, -0.15) is 0 Å². The molecule has 0 aromatic heterocycles. The van der Waals surface area contributed by atoms with Crippen LogP contribution in [0.1, 0.15) is 19.4 Å². The average Bonchev–Trinajstić information content (AvgIpc) is 3.62. The molecule has 15 heteroatoms. The van der Waals surface area contributed by atoms with Crippen LogP contribution in [0.2, 0.25) is 10.0 Å². The first-order valence-corrected chi connectivity index (χ1v) is 15.1. The van der Waals surface area contributed by atoms with Crippen molar-refractivity contribution in [3.8, 4) is 17.2 Å². The number of ether oxygens (including phenoxy) is 5. The molecule has 3 aliphatic rings. The van der Waals surface area contributed by atoms with Gasteiger partial charge in [-0.3, -0.25) is 4.79 Å². The molecule has 2 heterocycles. The van der Waals surface area contributed by atoms with Crippen LogP contribution in [-0.2, 0) is 19.0 Å². The van der Waals surface area contributed by atoms with Gasteiger partial charge < -0.3 is 59.6 Å². The number of aromatic hydroxyl groups is 1. The molecule has 0 radical (unpaired) electrons. The lowest BCUT2D eigenvalue weighted by Crippen LogP contribution is -2.67. The van der Waals surface area contributed by atoms with Gasteiger partial charge in [0.2, 0.25) is 12.2 Å². The molecule has 3 fully saturated rings. The van der Waals surface area contributed by atoms with Crippen molar-refractivity contribution in [1.29, 1.82) is 0 Å². The number of carbonyl (C=O) groups excluding carboxylic acids is 1. The second-order valence-electron chi connectivity index (χ2n) is 11.3. The summed E-state index contributed by atoms with van der Waals surface area (Å²) in [7, 11) is 0. The normalized spacial score (nSPS) is 33.1. The zero-order valence-corrected chi connectivity index (χ0v) is 26.2. The summed E-state index contributed by atoms with van der Waals surface area (Å²) in [5.41, 5.74) is 1.13. The van der Waals surface area contributed by atoms with Gasteiger partial charge in [-0.1, -0.05) is 29.3 Å². The predicted molar refractivity (Wildman–Crippen MR) is 163 cm³/mol. The number of amides is 1. The molecule has 2 aromatic carbocycles. The number of aliphatic hydroxyl groups excluding tert-OH is 5. The number of carbonyl (C=O) groups is 1. The molecule has 7 N–H and O–H groups in total. The molecule has 2 saturated heterocycles. The van der Waals surface area contributed by atoms with E-state index in [-0.39, 0.29) is 30.5 Å². The lowest BCUT2D eigenvalue weighted by atomic mass is 9.83. The summed E-state index contributed by atoms with van der Waals surface area (Å²) in [5.74, 6) is -0.598. The lowest BCUT2D eigenvalue weighted by molar-refractivity contribution is -0.155. The van der Waals surface area contributed by atoms with Crippen molar-refractivity contribution in [3.63, 3.8) is 0 Å². The van der Waals surface area contributed by atoms with Crippen LogP contribution in [0.25, 0.3) is 6.08 Å². The fourth-order valence-electron chi connectivity index (χ4n) is 5.48. The zero-order chi connectivity index (χ0) is 33.3. The third kappa shape index (κ3) is 7.29. The zero-order valence-electron chi connectivity index (χ0n) is 24.7. The number of nitrogens with one attached hydrogen (secondary N) is 1. The molecule has 0 bridgehead atoms. The Morgan fingerprint density at radius 1 is 0.935 bits per heavy atom. The van der Waals surface area contributed by atoms with E-state index in [2.05, 4.69) is 5.32 Å². The van der Waals surface area contributed by atoms with Gasteiger partial charge in [0.25, 0.3) is 0 Å². The summed E-state index contributed by atoms with van der Waals surface area (Å²) < 4.78 is 27.6. The lowest BCUT2D eigenvalue weighted by Gasteiger charge is -2.41. The minimum atomic E-state index is -1.50. The standard InChI is InChI=1S/C31H35Cl2NO12/c1-13(7-8-42-19-6-4-16(32)11-17(19)33)27-25(39)26(40)31(46-27)45-20-5-3-15(10-18(20)35)9-14(2)30(41)34-21-22(36)24(38)29-28(23(21)37)43-12-44-29/h3-7,9-11,21-29,31,35-40H,8,12H2,1-2H3,(H,34,41)/t21-,22+,23-,24-,25+,26+,27-,28+,29-,31-/m1/s1. The summed E-state index contributed by atoms with van der Waals surface area (Å²) >= 11 is 12.0. The van der Waals surface area contributed by atoms with Crippen LogP contribution in [0.5, 0.6) is 17.2 Å². The van der Waals surface area contributed by atoms with Gasteiger partial charge in [0.1, 0.15) is 68.0 Å². The Morgan fingerprint density at radius 2 is 1.63 bits per heavy atom. The third-order valence-electron chi connectivity index (χ3n) is 8.08. The van der Waals surface area contributed by atoms with Crippen LogP contribution in [0.15, 0.2) is 53.6 Å². The van der Waals surface area contributed by atoms with Crippen LogP contribution >= 0.6 is 23.2 Å². The SMILES string of the molecule is CC(=Cc1ccc(O[C@@H]2O[C@H](C(C)=CCOc3ccc(Cl)cc3Cl)[C@@H](O)[C@@H]2O)c(O)c1)C(=O)N[C@@H]1[C@H](O)[C@@H](O)[C@H]2OCO[C@H]2[C@@H]1O. The molecule has 1 saturated carbocycles. The monoisotopic (exact) mass is 683 g/mol. The van der Waals surface area contributed by atoms with E-state index >= 15 is 0 Å². The molecule has 46 heavy (non-hydrogen) atoms. The maximum atomic E-state index is 12.9. The number of hydrogen-bond donors (Lipinski definition) is 7. The molecule has 5 rings (SSSR count). The highest BCUT2D eigenvalue weighted by atomic mass is 35.5. The quantitative estimate of drug-likeness (QED) is 0.148. The van der Waals surface area contributed by atoms with E-state index in [1.807, 2.05) is 0 Å². The Morgan fingerprint density at radius 3 is 2.33 bits per heavy atom. The topological polar surface area (TPSA) is 197 Å². The van der Waals surface area contributed by atoms with E-state index < -0.39 is 67.1 Å². The molecular formula is C31H35Cl2NO12. The largest absolute Gasteiger partial charge is 0.504 e. The van der Waals surface area contributed by atoms with Crippen LogP contribution in [-0.4, -0.2) is 111 Å². The molecule has 1 amide bonds. The summed E-state index contributed by atoms with van der Waals surface area (Å²) in [5, 5.41) is 66.5. The minimum absolute atomic E-state index is 0.0470. The molecule has 2 aliphatic heterocycles. The smallest absolute Gasteiger partial charge is 0.247 e. The van der Waals surface area contributed by atoms with Crippen molar-refractivity contribution in [2.45, 2.75) is 75.0 Å². The van der Waals surface area contributed by atoms with E-state index in [4.69, 9.17) is 46.9 Å². The molecule has 10 atom stereocenters. The van der Waals surface area contributed by atoms with Gasteiger partial charge in [-0.15, -0.1) is 0 Å². The van der Waals surface area contributed by atoms with Crippen molar-refractivity contribution in [2.24, 2.45) is 0 Å². The number of phenols is 1. The Hall–Kier alpha value is -2.95. The second-order valence-corrected chi connectivity index (χ2v) is 12.1. The Balaban J connectivity index is 1.18. The summed E-state index contributed by atoms with van der Waals surface area (Å²) in [6.07, 6.45) is -7.91. The molecule has 2 aromatic rings. The number of rotatable bonds is 9. The van der Waals surface area contributed by atoms with Crippen LogP contribution < -0.4 is 14.8 Å². The maximum Gasteiger partial charge on any atom is 0.247 e. The molecule has 1 aliphatic carbocycles. The molecule has 13 nitrogen and oxygen atoms in total. The van der Waals surface area contributed by atoms with Gasteiger partial charge in [0, 0.05) is 10.6 Å². The van der Waals surface area contributed by atoms with Gasteiger partial charge in [-0.05, 0) is 67.5 Å². The van der Waals surface area contributed by atoms with Crippen molar-refractivity contribution in [2.75, 3.05) is 13.4 Å². The van der Waals surface area contributed by atoms with Crippen LogP contribution in [0.4, 0.5) is 0 Å². The number of benzene rings is 2. The number of phenolic OH excluding ortho intramolecular Hbond substituents is 1. The molecular weight excluding hydrogens is 649 g/mol. The fraction of sp³-hybridized carbons (Fsp3) is 0.452. The highest BCUT2D eigenvalue weighted by Crippen LogP contribution is 2.34. The Kier molecular flexibility index (Phi) is 10.8. The van der Waals surface area contributed by atoms with E-state index in [1.165, 1.54) is 31.2 Å². The van der Waals surface area contributed by atoms with E-state index in [0.29, 0.717) is 26.9 Å². The maximum absolute atomic E-state index is 12.9. The average molecular weight is 685 g/mol. The van der Waals surface area contributed by atoms with E-state index in [1.54, 1.807) is 31.2 Å². The first-order valence-electron chi connectivity index (χ1n) is 14.4. The molecule has 0 unspecified atom stereocenters. The van der Waals surface area contributed by atoms with Gasteiger partial charge in [0.15, 0.2) is 11.5 Å². The first-order chi connectivity index (χ1) is 21.8. The van der Waals surface area contributed by atoms with Crippen LogP contribution in [0.3, 0.4) is 0 Å². The third-order valence-corrected chi connectivity index (χ3v) is 8.61. The van der Waals surface area contributed by atoms with Crippen molar-refractivity contribution in [3.05, 3.63) is 69.2 Å². The van der Waals surface area contributed by atoms with Crippen molar-refractivity contribution < 1.29 is 59.1 Å². The van der Waals surface area contributed by atoms with Crippen LogP contribution in [0, 0.1) is 0 Å². The first kappa shape index (κ1) is 34.4. The number of aliphatic hydroxyl groups is 5. The van der Waals surface area contributed by atoms with Gasteiger partial charge in [-0.25, -0.2) is 0 Å². The highest BCUT2D eigenvalue weighted by Gasteiger charge is 2.53.